The lowest BCUT2D eigenvalue weighted by Gasteiger charge is -2.09. The van der Waals surface area contributed by atoms with Crippen molar-refractivity contribution < 1.29 is 8.42 Å². The third kappa shape index (κ3) is 4.27. The lowest BCUT2D eigenvalue weighted by Crippen LogP contribution is -2.25. The van der Waals surface area contributed by atoms with Crippen LogP contribution in [0.5, 0.6) is 0 Å². The second kappa shape index (κ2) is 6.35. The summed E-state index contributed by atoms with van der Waals surface area (Å²) in [5.41, 5.74) is 6.02. The predicted molar refractivity (Wildman–Crippen MR) is 69.7 cm³/mol. The molecule has 96 valence electrons. The maximum absolute atomic E-state index is 12.0. The summed E-state index contributed by atoms with van der Waals surface area (Å²) in [5.74, 6) is 0. The van der Waals surface area contributed by atoms with Gasteiger partial charge in [0.05, 0.1) is 4.90 Å². The van der Waals surface area contributed by atoms with Gasteiger partial charge in [0.15, 0.2) is 0 Å². The Bertz CT molecular complexity index is 474. The molecule has 0 heterocycles. The van der Waals surface area contributed by atoms with E-state index in [-0.39, 0.29) is 4.90 Å². The summed E-state index contributed by atoms with van der Waals surface area (Å²) in [4.78, 5) is 0.234. The number of hydrogen-bond donors (Lipinski definition) is 2. The van der Waals surface area contributed by atoms with Gasteiger partial charge in [-0.1, -0.05) is 17.7 Å². The molecule has 0 unspecified atom stereocenters. The van der Waals surface area contributed by atoms with Crippen molar-refractivity contribution in [3.05, 3.63) is 28.8 Å². The van der Waals surface area contributed by atoms with Crippen molar-refractivity contribution in [1.82, 2.24) is 4.72 Å². The molecule has 0 amide bonds. The van der Waals surface area contributed by atoms with Crippen molar-refractivity contribution in [3.8, 4) is 0 Å². The standard InChI is InChI=1S/C11H17ClN2O2S/c1-9-4-5-10(12)8-11(9)17(15,16)14-7-3-2-6-13/h4-5,8,14H,2-3,6-7,13H2,1H3. The van der Waals surface area contributed by atoms with Gasteiger partial charge in [0.1, 0.15) is 0 Å². The molecule has 17 heavy (non-hydrogen) atoms. The Labute approximate surface area is 107 Å². The summed E-state index contributed by atoms with van der Waals surface area (Å²) < 4.78 is 26.5. The van der Waals surface area contributed by atoms with E-state index in [1.54, 1.807) is 19.1 Å². The number of sulfonamides is 1. The van der Waals surface area contributed by atoms with Crippen molar-refractivity contribution in [2.45, 2.75) is 24.7 Å². The minimum absolute atomic E-state index is 0.234. The largest absolute Gasteiger partial charge is 0.330 e. The molecular weight excluding hydrogens is 260 g/mol. The van der Waals surface area contributed by atoms with Gasteiger partial charge in [-0.05, 0) is 44.0 Å². The zero-order chi connectivity index (χ0) is 12.9. The molecular formula is C11H17ClN2O2S. The molecule has 0 saturated heterocycles. The molecule has 0 aliphatic rings. The van der Waals surface area contributed by atoms with E-state index < -0.39 is 10.0 Å². The fourth-order valence-corrected chi connectivity index (χ4v) is 3.00. The molecule has 0 radical (unpaired) electrons. The van der Waals surface area contributed by atoms with Gasteiger partial charge < -0.3 is 5.73 Å². The van der Waals surface area contributed by atoms with Gasteiger partial charge in [0.25, 0.3) is 0 Å². The molecule has 0 fully saturated rings. The topological polar surface area (TPSA) is 72.2 Å². The molecule has 0 bridgehead atoms. The maximum atomic E-state index is 12.0. The zero-order valence-electron chi connectivity index (χ0n) is 9.74. The van der Waals surface area contributed by atoms with Crippen LogP contribution in [0.3, 0.4) is 0 Å². The molecule has 0 atom stereocenters. The summed E-state index contributed by atoms with van der Waals surface area (Å²) in [6.45, 7) is 2.70. The number of nitrogens with two attached hydrogens (primary N) is 1. The normalized spacial score (nSPS) is 11.7. The first-order chi connectivity index (χ1) is 7.97. The van der Waals surface area contributed by atoms with E-state index in [4.69, 9.17) is 17.3 Å². The van der Waals surface area contributed by atoms with E-state index in [2.05, 4.69) is 4.72 Å². The molecule has 3 N–H and O–H groups in total. The number of unbranched alkanes of at least 4 members (excludes halogenated alkanes) is 1. The monoisotopic (exact) mass is 276 g/mol. The second-order valence-corrected chi connectivity index (χ2v) is 5.98. The van der Waals surface area contributed by atoms with E-state index in [0.717, 1.165) is 12.8 Å². The highest BCUT2D eigenvalue weighted by Gasteiger charge is 2.16. The molecule has 0 aromatic heterocycles. The van der Waals surface area contributed by atoms with Gasteiger partial charge in [-0.15, -0.1) is 0 Å². The molecule has 0 aliphatic heterocycles. The average Bonchev–Trinajstić information content (AvgIpc) is 2.28. The van der Waals surface area contributed by atoms with Crippen molar-refractivity contribution in [2.24, 2.45) is 5.73 Å². The first-order valence-corrected chi connectivity index (χ1v) is 7.29. The number of rotatable bonds is 6. The quantitative estimate of drug-likeness (QED) is 0.776. The molecule has 1 aromatic carbocycles. The summed E-state index contributed by atoms with van der Waals surface area (Å²) in [6, 6.07) is 4.82. The van der Waals surface area contributed by atoms with Crippen molar-refractivity contribution >= 4 is 21.6 Å². The van der Waals surface area contributed by atoms with Gasteiger partial charge in [-0.3, -0.25) is 0 Å². The third-order valence-corrected chi connectivity index (χ3v) is 4.20. The summed E-state index contributed by atoms with van der Waals surface area (Å²) >= 11 is 5.80. The minimum atomic E-state index is -3.47. The molecule has 1 rings (SSSR count). The average molecular weight is 277 g/mol. The van der Waals surface area contributed by atoms with E-state index in [9.17, 15) is 8.42 Å². The highest BCUT2D eigenvalue weighted by atomic mass is 35.5. The highest BCUT2D eigenvalue weighted by molar-refractivity contribution is 7.89. The van der Waals surface area contributed by atoms with Gasteiger partial charge >= 0.3 is 0 Å². The molecule has 6 heteroatoms. The summed E-state index contributed by atoms with van der Waals surface area (Å²) in [5, 5.41) is 0.415. The Hall–Kier alpha value is -0.620. The van der Waals surface area contributed by atoms with Crippen LogP contribution >= 0.6 is 11.6 Å². The van der Waals surface area contributed by atoms with Crippen LogP contribution in [0.4, 0.5) is 0 Å². The third-order valence-electron chi connectivity index (χ3n) is 2.36. The highest BCUT2D eigenvalue weighted by Crippen LogP contribution is 2.19. The molecule has 0 spiro atoms. The number of aryl methyl sites for hydroxylation is 1. The van der Waals surface area contributed by atoms with Crippen molar-refractivity contribution in [2.75, 3.05) is 13.1 Å². The van der Waals surface area contributed by atoms with Crippen LogP contribution in [0.25, 0.3) is 0 Å². The van der Waals surface area contributed by atoms with Crippen molar-refractivity contribution in [1.29, 1.82) is 0 Å². The van der Waals surface area contributed by atoms with Crippen LogP contribution in [0.2, 0.25) is 5.02 Å². The van der Waals surface area contributed by atoms with Crippen LogP contribution in [-0.2, 0) is 10.0 Å². The van der Waals surface area contributed by atoms with E-state index in [1.807, 2.05) is 0 Å². The number of benzene rings is 1. The smallest absolute Gasteiger partial charge is 0.240 e. The Morgan fingerprint density at radius 3 is 2.71 bits per heavy atom. The fourth-order valence-electron chi connectivity index (χ4n) is 1.42. The van der Waals surface area contributed by atoms with E-state index in [1.165, 1.54) is 6.07 Å². The molecule has 4 nitrogen and oxygen atoms in total. The van der Waals surface area contributed by atoms with Crippen LogP contribution in [0, 0.1) is 6.92 Å². The van der Waals surface area contributed by atoms with Gasteiger partial charge in [-0.25, -0.2) is 13.1 Å². The lowest BCUT2D eigenvalue weighted by molar-refractivity contribution is 0.576. The second-order valence-electron chi connectivity index (χ2n) is 3.80. The fraction of sp³-hybridized carbons (Fsp3) is 0.455. The first kappa shape index (κ1) is 14.4. The van der Waals surface area contributed by atoms with E-state index in [0.29, 0.717) is 23.7 Å². The number of nitrogens with one attached hydrogen (secondary N) is 1. The lowest BCUT2D eigenvalue weighted by atomic mass is 10.2. The van der Waals surface area contributed by atoms with Crippen LogP contribution < -0.4 is 10.5 Å². The Kier molecular flexibility index (Phi) is 5.39. The Balaban J connectivity index is 2.79. The SMILES string of the molecule is Cc1ccc(Cl)cc1S(=O)(=O)NCCCCN. The number of halogens is 1. The first-order valence-electron chi connectivity index (χ1n) is 5.43. The van der Waals surface area contributed by atoms with E-state index >= 15 is 0 Å². The van der Waals surface area contributed by atoms with Crippen LogP contribution in [-0.4, -0.2) is 21.5 Å². The zero-order valence-corrected chi connectivity index (χ0v) is 11.3. The van der Waals surface area contributed by atoms with Gasteiger partial charge in [0.2, 0.25) is 10.0 Å². The maximum Gasteiger partial charge on any atom is 0.240 e. The molecule has 1 aromatic rings. The molecule has 0 saturated carbocycles. The van der Waals surface area contributed by atoms with Crippen LogP contribution in [0.15, 0.2) is 23.1 Å². The molecule has 0 aliphatic carbocycles. The number of hydrogen-bond acceptors (Lipinski definition) is 3. The summed E-state index contributed by atoms with van der Waals surface area (Å²) in [7, 11) is -3.47. The van der Waals surface area contributed by atoms with Gasteiger partial charge in [0, 0.05) is 11.6 Å². The summed E-state index contributed by atoms with van der Waals surface area (Å²) in [6.07, 6.45) is 1.53. The van der Waals surface area contributed by atoms with Gasteiger partial charge in [-0.2, -0.15) is 0 Å². The Morgan fingerprint density at radius 2 is 2.06 bits per heavy atom. The van der Waals surface area contributed by atoms with Crippen LogP contribution in [0.1, 0.15) is 18.4 Å². The van der Waals surface area contributed by atoms with Crippen molar-refractivity contribution in [3.63, 3.8) is 0 Å². The Morgan fingerprint density at radius 1 is 1.35 bits per heavy atom. The minimum Gasteiger partial charge on any atom is -0.330 e. The predicted octanol–water partition coefficient (Wildman–Crippen LogP) is 1.67.